The summed E-state index contributed by atoms with van der Waals surface area (Å²) in [6.07, 6.45) is 0.642. The number of carbonyl (C=O) groups excluding carboxylic acids is 1. The van der Waals surface area contributed by atoms with Crippen LogP contribution in [0.5, 0.6) is 0 Å². The van der Waals surface area contributed by atoms with E-state index in [0.29, 0.717) is 19.5 Å². The molecule has 0 aliphatic carbocycles. The van der Waals surface area contributed by atoms with Crippen molar-refractivity contribution in [1.82, 2.24) is 4.90 Å². The first-order chi connectivity index (χ1) is 8.91. The lowest BCUT2D eigenvalue weighted by molar-refractivity contribution is 0.0677. The molecule has 0 aromatic heterocycles. The molecule has 1 fully saturated rings. The van der Waals surface area contributed by atoms with E-state index in [1.807, 2.05) is 6.92 Å². The maximum Gasteiger partial charge on any atom is 0.259 e. The Morgan fingerprint density at radius 1 is 1.42 bits per heavy atom. The van der Waals surface area contributed by atoms with Gasteiger partial charge in [0, 0.05) is 18.5 Å². The van der Waals surface area contributed by atoms with Gasteiger partial charge in [-0.3, -0.25) is 4.79 Å². The highest BCUT2D eigenvalue weighted by Crippen LogP contribution is 2.25. The van der Waals surface area contributed by atoms with Crippen molar-refractivity contribution in [3.63, 3.8) is 0 Å². The molecule has 1 aliphatic rings. The summed E-state index contributed by atoms with van der Waals surface area (Å²) in [7, 11) is 0. The van der Waals surface area contributed by atoms with Crippen LogP contribution in [0, 0.1) is 24.5 Å². The molecule has 0 radical (unpaired) electrons. The van der Waals surface area contributed by atoms with Crippen LogP contribution in [0.2, 0.25) is 0 Å². The van der Waals surface area contributed by atoms with Crippen molar-refractivity contribution in [2.24, 2.45) is 5.92 Å². The van der Waals surface area contributed by atoms with E-state index in [0.717, 1.165) is 6.07 Å². The zero-order valence-corrected chi connectivity index (χ0v) is 11.7. The molecule has 1 aromatic rings. The Balaban J connectivity index is 2.28. The number of benzene rings is 1. The summed E-state index contributed by atoms with van der Waals surface area (Å²) < 4.78 is 27.6. The van der Waals surface area contributed by atoms with Gasteiger partial charge in [-0.05, 0) is 30.9 Å². The number of likely N-dealkylation sites (tertiary alicyclic amines) is 1. The molecule has 1 aliphatic heterocycles. The number of nitrogens with zero attached hydrogens (tertiary/aromatic N) is 1. The average molecular weight is 288 g/mol. The Hall–Kier alpha value is -1.16. The summed E-state index contributed by atoms with van der Waals surface area (Å²) in [4.78, 5) is 13.7. The van der Waals surface area contributed by atoms with E-state index in [2.05, 4.69) is 0 Å². The summed E-state index contributed by atoms with van der Waals surface area (Å²) >= 11 is 6.08. The van der Waals surface area contributed by atoms with Crippen LogP contribution in [-0.4, -0.2) is 29.3 Å². The molecule has 2 rings (SSSR count). The molecule has 19 heavy (non-hydrogen) atoms. The monoisotopic (exact) mass is 287 g/mol. The van der Waals surface area contributed by atoms with E-state index in [9.17, 15) is 13.6 Å². The third-order valence-corrected chi connectivity index (χ3v) is 4.23. The maximum atomic E-state index is 13.9. The van der Waals surface area contributed by atoms with E-state index in [1.165, 1.54) is 17.9 Å². The fourth-order valence-electron chi connectivity index (χ4n) is 2.31. The van der Waals surface area contributed by atoms with Crippen LogP contribution in [-0.2, 0) is 0 Å². The van der Waals surface area contributed by atoms with Crippen LogP contribution >= 0.6 is 11.6 Å². The van der Waals surface area contributed by atoms with E-state index >= 15 is 0 Å². The molecule has 0 saturated carbocycles. The Morgan fingerprint density at radius 3 is 2.74 bits per heavy atom. The minimum Gasteiger partial charge on any atom is -0.338 e. The molecule has 1 amide bonds. The number of hydrogen-bond donors (Lipinski definition) is 0. The molecule has 1 aromatic carbocycles. The lowest BCUT2D eigenvalue weighted by atomic mass is 9.98. The van der Waals surface area contributed by atoms with Crippen molar-refractivity contribution in [3.05, 3.63) is 34.9 Å². The summed E-state index contributed by atoms with van der Waals surface area (Å²) in [6.45, 7) is 4.31. The number of alkyl halides is 1. The molecule has 2 nitrogen and oxygen atoms in total. The van der Waals surface area contributed by atoms with Gasteiger partial charge < -0.3 is 4.90 Å². The average Bonchev–Trinajstić information content (AvgIpc) is 2.37. The van der Waals surface area contributed by atoms with Gasteiger partial charge in [0.05, 0.1) is 0 Å². The van der Waals surface area contributed by atoms with Gasteiger partial charge in [-0.15, -0.1) is 11.6 Å². The van der Waals surface area contributed by atoms with Crippen molar-refractivity contribution < 1.29 is 13.6 Å². The predicted octanol–water partition coefficient (Wildman–Crippen LogP) is 3.36. The van der Waals surface area contributed by atoms with Crippen LogP contribution in [0.1, 0.15) is 29.3 Å². The highest BCUT2D eigenvalue weighted by Gasteiger charge is 2.30. The van der Waals surface area contributed by atoms with Gasteiger partial charge in [-0.2, -0.15) is 0 Å². The number of rotatable bonds is 1. The van der Waals surface area contributed by atoms with Gasteiger partial charge in [0.1, 0.15) is 17.2 Å². The Morgan fingerprint density at radius 2 is 2.11 bits per heavy atom. The highest BCUT2D eigenvalue weighted by atomic mass is 35.5. The number of hydrogen-bond acceptors (Lipinski definition) is 1. The van der Waals surface area contributed by atoms with Crippen LogP contribution in [0.3, 0.4) is 0 Å². The Kier molecular flexibility index (Phi) is 4.09. The number of amides is 1. The smallest absolute Gasteiger partial charge is 0.259 e. The summed E-state index contributed by atoms with van der Waals surface area (Å²) in [5.74, 6) is -2.05. The first-order valence-corrected chi connectivity index (χ1v) is 6.73. The first-order valence-electron chi connectivity index (χ1n) is 6.29. The topological polar surface area (TPSA) is 20.3 Å². The van der Waals surface area contributed by atoms with Gasteiger partial charge >= 0.3 is 0 Å². The van der Waals surface area contributed by atoms with E-state index < -0.39 is 23.1 Å². The van der Waals surface area contributed by atoms with Crippen molar-refractivity contribution in [3.8, 4) is 0 Å². The molecule has 1 saturated heterocycles. The van der Waals surface area contributed by atoms with E-state index in [4.69, 9.17) is 11.6 Å². The molecular formula is C14H16ClF2NO. The van der Waals surface area contributed by atoms with Gasteiger partial charge in [0.2, 0.25) is 0 Å². The SMILES string of the molecule is Cc1ccc(F)c(C(=O)N2CCC(Cl)C(C)C2)c1F. The maximum absolute atomic E-state index is 13.9. The van der Waals surface area contributed by atoms with Crippen LogP contribution in [0.15, 0.2) is 12.1 Å². The quantitative estimate of drug-likeness (QED) is 0.725. The third kappa shape index (κ3) is 2.73. The van der Waals surface area contributed by atoms with Crippen LogP contribution in [0.4, 0.5) is 8.78 Å². The standard InChI is InChI=1S/C14H16ClF2NO/c1-8-3-4-11(16)12(13(8)17)14(19)18-6-5-10(15)9(2)7-18/h3-4,9-10H,5-7H2,1-2H3. The Bertz CT molecular complexity index is 506. The molecule has 5 heteroatoms. The van der Waals surface area contributed by atoms with Gasteiger partial charge in [-0.25, -0.2) is 8.78 Å². The fourth-order valence-corrected chi connectivity index (χ4v) is 2.49. The minimum absolute atomic E-state index is 0.0104. The summed E-state index contributed by atoms with van der Waals surface area (Å²) in [6, 6.07) is 2.46. The molecular weight excluding hydrogens is 272 g/mol. The third-order valence-electron chi connectivity index (χ3n) is 3.59. The largest absolute Gasteiger partial charge is 0.338 e. The van der Waals surface area contributed by atoms with Gasteiger partial charge in [0.15, 0.2) is 0 Å². The second-order valence-electron chi connectivity index (χ2n) is 5.09. The predicted molar refractivity (Wildman–Crippen MR) is 70.4 cm³/mol. The Labute approximate surface area is 116 Å². The van der Waals surface area contributed by atoms with Crippen LogP contribution in [0.25, 0.3) is 0 Å². The van der Waals surface area contributed by atoms with E-state index in [-0.39, 0.29) is 16.9 Å². The number of aryl methyl sites for hydroxylation is 1. The van der Waals surface area contributed by atoms with Crippen molar-refractivity contribution in [2.75, 3.05) is 13.1 Å². The molecule has 0 bridgehead atoms. The normalized spacial score (nSPS) is 23.5. The van der Waals surface area contributed by atoms with Crippen molar-refractivity contribution in [1.29, 1.82) is 0 Å². The molecule has 104 valence electrons. The highest BCUT2D eigenvalue weighted by molar-refractivity contribution is 6.20. The van der Waals surface area contributed by atoms with Crippen LogP contribution < -0.4 is 0 Å². The van der Waals surface area contributed by atoms with Gasteiger partial charge in [-0.1, -0.05) is 13.0 Å². The molecule has 2 unspecified atom stereocenters. The second kappa shape index (κ2) is 5.45. The fraction of sp³-hybridized carbons (Fsp3) is 0.500. The summed E-state index contributed by atoms with van der Waals surface area (Å²) in [5, 5.41) is 0.0104. The lowest BCUT2D eigenvalue weighted by Crippen LogP contribution is -2.44. The molecule has 0 spiro atoms. The summed E-state index contributed by atoms with van der Waals surface area (Å²) in [5.41, 5.74) is -0.190. The molecule has 0 N–H and O–H groups in total. The molecule has 1 heterocycles. The van der Waals surface area contributed by atoms with Gasteiger partial charge in [0.25, 0.3) is 5.91 Å². The number of halogens is 3. The minimum atomic E-state index is -0.811. The van der Waals surface area contributed by atoms with Crippen molar-refractivity contribution in [2.45, 2.75) is 25.6 Å². The van der Waals surface area contributed by atoms with Crippen molar-refractivity contribution >= 4 is 17.5 Å². The second-order valence-corrected chi connectivity index (χ2v) is 5.65. The number of piperidine rings is 1. The number of carbonyl (C=O) groups is 1. The molecule has 2 atom stereocenters. The van der Waals surface area contributed by atoms with E-state index in [1.54, 1.807) is 0 Å². The lowest BCUT2D eigenvalue weighted by Gasteiger charge is -2.34. The first kappa shape index (κ1) is 14.3. The zero-order chi connectivity index (χ0) is 14.2. The zero-order valence-electron chi connectivity index (χ0n) is 10.9.